The number of aliphatic imine (C=N–C) groups is 1. The molecule has 0 amide bonds. The lowest BCUT2D eigenvalue weighted by molar-refractivity contribution is 0.688. The molecule has 3 N–H and O–H groups in total. The van der Waals surface area contributed by atoms with Crippen molar-refractivity contribution < 1.29 is 0 Å². The van der Waals surface area contributed by atoms with Crippen LogP contribution in [0.4, 0.5) is 0 Å². The van der Waals surface area contributed by atoms with Gasteiger partial charge in [0.05, 0.1) is 6.04 Å². The number of rotatable bonds is 5. The Labute approximate surface area is 85.6 Å². The van der Waals surface area contributed by atoms with Gasteiger partial charge in [-0.3, -0.25) is 0 Å². The van der Waals surface area contributed by atoms with Crippen LogP contribution in [0.25, 0.3) is 0 Å². The first-order valence-electron chi connectivity index (χ1n) is 4.68. The Morgan fingerprint density at radius 1 is 1.54 bits per heavy atom. The first-order chi connectivity index (χ1) is 6.10. The van der Waals surface area contributed by atoms with E-state index in [1.165, 1.54) is 0 Å². The molecular formula is C9H21N3S. The van der Waals surface area contributed by atoms with E-state index in [0.717, 1.165) is 12.2 Å². The fourth-order valence-electron chi connectivity index (χ4n) is 0.969. The number of nitrogens with two attached hydrogens (primary N) is 1. The van der Waals surface area contributed by atoms with Gasteiger partial charge in [-0.1, -0.05) is 6.92 Å². The Morgan fingerprint density at radius 3 is 2.54 bits per heavy atom. The normalized spacial score (nSPS) is 14.7. The van der Waals surface area contributed by atoms with Crippen molar-refractivity contribution in [2.24, 2.45) is 10.7 Å². The zero-order valence-corrected chi connectivity index (χ0v) is 9.82. The van der Waals surface area contributed by atoms with Gasteiger partial charge in [0.1, 0.15) is 0 Å². The monoisotopic (exact) mass is 203 g/mol. The van der Waals surface area contributed by atoms with Gasteiger partial charge in [0.2, 0.25) is 0 Å². The number of guanidine groups is 1. The molecule has 0 fully saturated rings. The molecule has 0 aromatic carbocycles. The van der Waals surface area contributed by atoms with Crippen molar-refractivity contribution >= 4 is 17.7 Å². The van der Waals surface area contributed by atoms with Gasteiger partial charge in [-0.2, -0.15) is 11.8 Å². The predicted molar refractivity (Wildman–Crippen MR) is 62.4 cm³/mol. The van der Waals surface area contributed by atoms with Crippen LogP contribution in [0.2, 0.25) is 0 Å². The van der Waals surface area contributed by atoms with Gasteiger partial charge < -0.3 is 11.1 Å². The largest absolute Gasteiger partial charge is 0.370 e. The fraction of sp³-hybridized carbons (Fsp3) is 0.889. The van der Waals surface area contributed by atoms with Crippen LogP contribution in [0.3, 0.4) is 0 Å². The number of nitrogens with one attached hydrogen (secondary N) is 1. The number of thioether (sulfide) groups is 1. The van der Waals surface area contributed by atoms with Crippen molar-refractivity contribution in [3.05, 3.63) is 0 Å². The number of hydrogen-bond acceptors (Lipinski definition) is 2. The molecule has 0 aromatic heterocycles. The van der Waals surface area contributed by atoms with Crippen LogP contribution in [0.15, 0.2) is 4.99 Å². The zero-order valence-electron chi connectivity index (χ0n) is 9.00. The van der Waals surface area contributed by atoms with E-state index in [0.29, 0.717) is 18.0 Å². The van der Waals surface area contributed by atoms with Gasteiger partial charge in [-0.25, -0.2) is 4.99 Å². The van der Waals surface area contributed by atoms with Gasteiger partial charge in [0.15, 0.2) is 5.96 Å². The van der Waals surface area contributed by atoms with Crippen molar-refractivity contribution in [2.45, 2.75) is 39.3 Å². The highest BCUT2D eigenvalue weighted by atomic mass is 32.2. The quantitative estimate of drug-likeness (QED) is 0.525. The third kappa shape index (κ3) is 6.75. The SMILES string of the molecule is CCC(CSC)N=C(N)NC(C)C. The van der Waals surface area contributed by atoms with E-state index in [1.807, 2.05) is 0 Å². The lowest BCUT2D eigenvalue weighted by Crippen LogP contribution is -2.37. The van der Waals surface area contributed by atoms with Crippen molar-refractivity contribution in [1.82, 2.24) is 5.32 Å². The molecule has 3 nitrogen and oxygen atoms in total. The molecule has 0 saturated carbocycles. The second kappa shape index (κ2) is 7.06. The fourth-order valence-corrected chi connectivity index (χ4v) is 1.66. The van der Waals surface area contributed by atoms with Crippen molar-refractivity contribution in [1.29, 1.82) is 0 Å². The summed E-state index contributed by atoms with van der Waals surface area (Å²) in [7, 11) is 0. The van der Waals surface area contributed by atoms with Gasteiger partial charge in [-0.15, -0.1) is 0 Å². The summed E-state index contributed by atoms with van der Waals surface area (Å²) in [6, 6.07) is 0.705. The minimum absolute atomic E-state index is 0.348. The molecule has 0 aliphatic rings. The van der Waals surface area contributed by atoms with Gasteiger partial charge in [-0.05, 0) is 26.5 Å². The molecule has 1 unspecified atom stereocenters. The second-order valence-electron chi connectivity index (χ2n) is 3.33. The highest BCUT2D eigenvalue weighted by molar-refractivity contribution is 7.98. The lowest BCUT2D eigenvalue weighted by Gasteiger charge is -2.12. The van der Waals surface area contributed by atoms with Crippen molar-refractivity contribution in [3.63, 3.8) is 0 Å². The molecule has 0 radical (unpaired) electrons. The van der Waals surface area contributed by atoms with Crippen molar-refractivity contribution in [2.75, 3.05) is 12.0 Å². The number of nitrogens with zero attached hydrogens (tertiary/aromatic N) is 1. The van der Waals surface area contributed by atoms with Crippen LogP contribution in [-0.2, 0) is 0 Å². The summed E-state index contributed by atoms with van der Waals surface area (Å²) < 4.78 is 0. The molecule has 0 rings (SSSR count). The summed E-state index contributed by atoms with van der Waals surface area (Å²) in [5.41, 5.74) is 5.71. The lowest BCUT2D eigenvalue weighted by atomic mass is 10.3. The van der Waals surface area contributed by atoms with Crippen molar-refractivity contribution in [3.8, 4) is 0 Å². The topological polar surface area (TPSA) is 50.4 Å². The average Bonchev–Trinajstić information content (AvgIpc) is 2.02. The third-order valence-electron chi connectivity index (χ3n) is 1.59. The molecule has 0 saturated heterocycles. The molecule has 1 atom stereocenters. The van der Waals surface area contributed by atoms with E-state index in [4.69, 9.17) is 5.73 Å². The molecule has 0 aliphatic heterocycles. The smallest absolute Gasteiger partial charge is 0.189 e. The third-order valence-corrected chi connectivity index (χ3v) is 2.31. The molecular weight excluding hydrogens is 182 g/mol. The standard InChI is InChI=1S/C9H21N3S/c1-5-8(6-13-4)12-9(10)11-7(2)3/h7-8H,5-6H2,1-4H3,(H3,10,11,12). The maximum absolute atomic E-state index is 5.71. The summed E-state index contributed by atoms with van der Waals surface area (Å²) in [6.45, 7) is 6.24. The van der Waals surface area contributed by atoms with Crippen LogP contribution in [0.5, 0.6) is 0 Å². The Morgan fingerprint density at radius 2 is 2.15 bits per heavy atom. The summed E-state index contributed by atoms with van der Waals surface area (Å²) in [5.74, 6) is 1.60. The Bertz CT molecular complexity index is 157. The minimum atomic E-state index is 0.348. The Balaban J connectivity index is 3.99. The average molecular weight is 203 g/mol. The van der Waals surface area contributed by atoms with E-state index >= 15 is 0 Å². The second-order valence-corrected chi connectivity index (χ2v) is 4.24. The molecule has 0 spiro atoms. The molecule has 13 heavy (non-hydrogen) atoms. The van der Waals surface area contributed by atoms with E-state index in [9.17, 15) is 0 Å². The summed E-state index contributed by atoms with van der Waals surface area (Å²) in [6.07, 6.45) is 3.13. The zero-order chi connectivity index (χ0) is 10.3. The molecule has 78 valence electrons. The van der Waals surface area contributed by atoms with E-state index in [-0.39, 0.29) is 0 Å². The maximum atomic E-state index is 5.71. The summed E-state index contributed by atoms with van der Waals surface area (Å²) in [4.78, 5) is 4.39. The van der Waals surface area contributed by atoms with E-state index < -0.39 is 0 Å². The highest BCUT2D eigenvalue weighted by Crippen LogP contribution is 2.04. The molecule has 4 heteroatoms. The molecule has 0 heterocycles. The highest BCUT2D eigenvalue weighted by Gasteiger charge is 2.04. The predicted octanol–water partition coefficient (Wildman–Crippen LogP) is 1.44. The Hall–Kier alpha value is -0.380. The Kier molecular flexibility index (Phi) is 6.86. The molecule has 0 bridgehead atoms. The maximum Gasteiger partial charge on any atom is 0.189 e. The van der Waals surface area contributed by atoms with E-state index in [2.05, 4.69) is 37.3 Å². The van der Waals surface area contributed by atoms with Gasteiger partial charge in [0, 0.05) is 11.8 Å². The number of hydrogen-bond donors (Lipinski definition) is 2. The first-order valence-corrected chi connectivity index (χ1v) is 6.08. The van der Waals surface area contributed by atoms with Crippen LogP contribution in [-0.4, -0.2) is 30.1 Å². The van der Waals surface area contributed by atoms with Crippen LogP contribution < -0.4 is 11.1 Å². The summed E-state index contributed by atoms with van der Waals surface area (Å²) >= 11 is 1.80. The van der Waals surface area contributed by atoms with Crippen LogP contribution in [0.1, 0.15) is 27.2 Å². The molecule has 0 aromatic rings. The van der Waals surface area contributed by atoms with Crippen LogP contribution >= 0.6 is 11.8 Å². The minimum Gasteiger partial charge on any atom is -0.370 e. The summed E-state index contributed by atoms with van der Waals surface area (Å²) in [5, 5.41) is 3.08. The van der Waals surface area contributed by atoms with Crippen LogP contribution in [0, 0.1) is 0 Å². The van der Waals surface area contributed by atoms with Gasteiger partial charge in [0.25, 0.3) is 0 Å². The molecule has 0 aliphatic carbocycles. The van der Waals surface area contributed by atoms with E-state index in [1.54, 1.807) is 11.8 Å². The first kappa shape index (κ1) is 12.6. The van der Waals surface area contributed by atoms with Gasteiger partial charge >= 0.3 is 0 Å².